The topological polar surface area (TPSA) is 70.4 Å². The van der Waals surface area contributed by atoms with Crippen LogP contribution in [0.2, 0.25) is 0 Å². The van der Waals surface area contributed by atoms with Crippen LogP contribution in [0.1, 0.15) is 73.1 Å². The smallest absolute Gasteiger partial charge is 0.224 e. The maximum atomic E-state index is 13.9. The average molecular weight is 461 g/mol. The summed E-state index contributed by atoms with van der Waals surface area (Å²) < 4.78 is 5.45. The fraction of sp³-hybridized carbons (Fsp3) is 0.615. The molecule has 0 N–H and O–H groups in total. The minimum absolute atomic E-state index is 0.203. The molecule has 0 bridgehead atoms. The summed E-state index contributed by atoms with van der Waals surface area (Å²) in [5.41, 5.74) is 0.556. The van der Waals surface area contributed by atoms with Crippen molar-refractivity contribution in [3.05, 3.63) is 24.3 Å². The molecular weight excluding hydrogens is 419 g/mol. The lowest BCUT2D eigenvalue weighted by atomic mass is 10.1. The maximum Gasteiger partial charge on any atom is 0.224 e. The number of anilines is 1. The first-order valence-electron chi connectivity index (χ1n) is 11.9. The van der Waals surface area contributed by atoms with Gasteiger partial charge in [-0.2, -0.15) is 5.26 Å². The number of benzene rings is 1. The fourth-order valence-electron chi connectivity index (χ4n) is 4.24. The van der Waals surface area contributed by atoms with Gasteiger partial charge in [-0.05, 0) is 56.8 Å². The van der Waals surface area contributed by atoms with E-state index in [1.807, 2.05) is 12.1 Å². The van der Waals surface area contributed by atoms with Gasteiger partial charge < -0.3 is 4.74 Å². The number of hydrogen-bond acceptors (Lipinski definition) is 4. The molecule has 1 atom stereocenters. The highest BCUT2D eigenvalue weighted by molar-refractivity contribution is 7.78. The van der Waals surface area contributed by atoms with E-state index in [1.165, 1.54) is 11.8 Å². The molecule has 0 aromatic heterocycles. The van der Waals surface area contributed by atoms with Gasteiger partial charge in [-0.25, -0.2) is 0 Å². The van der Waals surface area contributed by atoms with E-state index in [0.717, 1.165) is 57.0 Å². The Kier molecular flexibility index (Phi) is 12.4. The molecule has 0 radical (unpaired) electrons. The Morgan fingerprint density at radius 2 is 1.53 bits per heavy atom. The number of ketones is 1. The summed E-state index contributed by atoms with van der Waals surface area (Å²) in [6.07, 6.45) is 9.04. The zero-order valence-electron chi connectivity index (χ0n) is 20.8. The van der Waals surface area contributed by atoms with Crippen molar-refractivity contribution in [2.75, 3.05) is 30.5 Å². The summed E-state index contributed by atoms with van der Waals surface area (Å²) in [6.45, 7) is 7.75. The van der Waals surface area contributed by atoms with Gasteiger partial charge in [-0.15, -0.1) is 0 Å². The summed E-state index contributed by atoms with van der Waals surface area (Å²) in [6, 6.07) is 8.82. The lowest BCUT2D eigenvalue weighted by molar-refractivity contribution is -0.120. The molecule has 1 aromatic carbocycles. The molecule has 0 aliphatic rings. The molecule has 0 spiro atoms. The second-order valence-corrected chi connectivity index (χ2v) is 12.5. The lowest BCUT2D eigenvalue weighted by Gasteiger charge is -2.32. The second kappa shape index (κ2) is 14.2. The first-order chi connectivity index (χ1) is 15.3. The molecule has 0 aliphatic heterocycles. The van der Waals surface area contributed by atoms with Crippen LogP contribution in [0.15, 0.2) is 24.3 Å². The monoisotopic (exact) mass is 460 g/mol. The van der Waals surface area contributed by atoms with Crippen molar-refractivity contribution in [3.8, 4) is 11.8 Å². The summed E-state index contributed by atoms with van der Waals surface area (Å²) in [5, 5.41) is 10.7. The highest BCUT2D eigenvalue weighted by Gasteiger charge is 2.34. The molecule has 0 saturated carbocycles. The number of ether oxygens (including phenoxy) is 1. The predicted octanol–water partition coefficient (Wildman–Crippen LogP) is 6.12. The van der Waals surface area contributed by atoms with Crippen LogP contribution < -0.4 is 9.64 Å². The van der Waals surface area contributed by atoms with Crippen molar-refractivity contribution in [3.63, 3.8) is 0 Å². The molecule has 0 aliphatic carbocycles. The Balaban J connectivity index is 3.63. The van der Waals surface area contributed by atoms with Gasteiger partial charge >= 0.3 is 0 Å². The number of amides is 1. The van der Waals surface area contributed by atoms with Gasteiger partial charge in [0.25, 0.3) is 0 Å². The number of hydrogen-bond donors (Lipinski definition) is 0. The highest BCUT2D eigenvalue weighted by Crippen LogP contribution is 2.52. The number of unbranched alkanes of at least 4 members (excludes halogenated alkanes) is 3. The van der Waals surface area contributed by atoms with Gasteiger partial charge in [0.05, 0.1) is 24.1 Å². The third-order valence-corrected chi connectivity index (χ3v) is 10.9. The van der Waals surface area contributed by atoms with Crippen LogP contribution in [0.25, 0.3) is 0 Å². The van der Waals surface area contributed by atoms with Crippen LogP contribution in [0.5, 0.6) is 5.75 Å². The predicted molar refractivity (Wildman–Crippen MR) is 137 cm³/mol. The number of nitrogens with zero attached hydrogens (tertiary/aromatic N) is 2. The minimum atomic E-state index is -1.91. The van der Waals surface area contributed by atoms with E-state index in [-0.39, 0.29) is 11.7 Å². The third kappa shape index (κ3) is 6.97. The Hall–Kier alpha value is -2.05. The molecular formula is C26H41N2O3P. The number of rotatable bonds is 14. The summed E-state index contributed by atoms with van der Waals surface area (Å²) in [4.78, 5) is 28.0. The molecule has 0 fully saturated rings. The summed E-state index contributed by atoms with van der Waals surface area (Å²) in [7, 11) is 1.55. The van der Waals surface area contributed by atoms with Crippen LogP contribution in [0.3, 0.4) is 0 Å². The maximum absolute atomic E-state index is 13.9. The average Bonchev–Trinajstić information content (AvgIpc) is 2.80. The molecule has 1 rings (SSSR count). The van der Waals surface area contributed by atoms with Crippen molar-refractivity contribution < 1.29 is 14.3 Å². The molecule has 1 aromatic rings. The van der Waals surface area contributed by atoms with E-state index in [4.69, 9.17) is 4.74 Å². The van der Waals surface area contributed by atoms with E-state index in [9.17, 15) is 14.9 Å². The highest BCUT2D eigenvalue weighted by atomic mass is 31.2. The van der Waals surface area contributed by atoms with Gasteiger partial charge in [0.2, 0.25) is 5.91 Å². The SMILES string of the molecule is CCCCP(CCCC)(CCCC)=C(C#N)C(=O)C(C)N(C(C)=O)c1ccccc1OC. The largest absolute Gasteiger partial charge is 0.495 e. The standard InChI is InChI=1S/C26H41N2O3P/c1-7-10-17-32(18-11-8-2,19-12-9-3)25(20-27)26(30)21(4)28(22(5)29)23-15-13-14-16-24(23)31-6/h13-16,21H,7-12,17-19H2,1-6H3. The number of methoxy groups -OCH3 is 1. The van der Waals surface area contributed by atoms with Gasteiger partial charge in [0.15, 0.2) is 5.78 Å². The van der Waals surface area contributed by atoms with Gasteiger partial charge in [0, 0.05) is 6.92 Å². The Bertz CT molecular complexity index is 828. The van der Waals surface area contributed by atoms with Crippen LogP contribution in [0, 0.1) is 11.3 Å². The molecule has 0 heterocycles. The minimum Gasteiger partial charge on any atom is -0.495 e. The number of carbonyl (C=O) groups is 2. The normalized spacial score (nSPS) is 12.0. The molecule has 5 nitrogen and oxygen atoms in total. The number of nitriles is 1. The van der Waals surface area contributed by atoms with Crippen LogP contribution in [-0.2, 0) is 9.59 Å². The number of para-hydroxylation sites is 2. The quantitative estimate of drug-likeness (QED) is 0.314. The molecule has 6 heteroatoms. The van der Waals surface area contributed by atoms with Crippen molar-refractivity contribution in [2.24, 2.45) is 0 Å². The van der Waals surface area contributed by atoms with Crippen molar-refractivity contribution in [1.29, 1.82) is 5.26 Å². The summed E-state index contributed by atoms with van der Waals surface area (Å²) >= 11 is 0. The zero-order chi connectivity index (χ0) is 24.1. The Labute approximate surface area is 195 Å². The molecule has 1 amide bonds. The first kappa shape index (κ1) is 28.0. The fourth-order valence-corrected chi connectivity index (χ4v) is 9.22. The van der Waals surface area contributed by atoms with E-state index in [2.05, 4.69) is 26.8 Å². The molecule has 32 heavy (non-hydrogen) atoms. The Morgan fingerprint density at radius 1 is 1.03 bits per heavy atom. The van der Waals surface area contributed by atoms with Crippen LogP contribution in [0.4, 0.5) is 5.69 Å². The van der Waals surface area contributed by atoms with Gasteiger partial charge in [-0.1, -0.05) is 59.1 Å². The van der Waals surface area contributed by atoms with E-state index in [1.54, 1.807) is 26.2 Å². The lowest BCUT2D eigenvalue weighted by Crippen LogP contribution is -2.45. The third-order valence-electron chi connectivity index (χ3n) is 6.08. The second-order valence-electron chi connectivity index (χ2n) is 8.44. The van der Waals surface area contributed by atoms with Crippen LogP contribution in [-0.4, -0.2) is 48.6 Å². The zero-order valence-corrected chi connectivity index (χ0v) is 21.7. The molecule has 1 unspecified atom stereocenters. The van der Waals surface area contributed by atoms with Crippen molar-refractivity contribution in [1.82, 2.24) is 0 Å². The van der Waals surface area contributed by atoms with Crippen molar-refractivity contribution >= 4 is 29.6 Å². The van der Waals surface area contributed by atoms with Crippen LogP contribution >= 0.6 is 6.89 Å². The van der Waals surface area contributed by atoms with E-state index < -0.39 is 12.9 Å². The molecule has 0 saturated heterocycles. The van der Waals surface area contributed by atoms with Crippen molar-refractivity contribution in [2.45, 2.75) is 79.2 Å². The van der Waals surface area contributed by atoms with Gasteiger partial charge in [-0.3, -0.25) is 14.5 Å². The number of Topliss-reactive ketones (excluding diaryl/α,β-unsaturated/α-hetero) is 1. The first-order valence-corrected chi connectivity index (χ1v) is 14.3. The Morgan fingerprint density at radius 3 is 1.94 bits per heavy atom. The van der Waals surface area contributed by atoms with E-state index >= 15 is 0 Å². The summed E-state index contributed by atoms with van der Waals surface area (Å²) in [5.74, 6) is 0.0855. The van der Waals surface area contributed by atoms with E-state index in [0.29, 0.717) is 16.7 Å². The van der Waals surface area contributed by atoms with Gasteiger partial charge in [0.1, 0.15) is 11.8 Å². The number of carbonyl (C=O) groups excluding carboxylic acids is 2. The molecule has 178 valence electrons.